The van der Waals surface area contributed by atoms with E-state index in [-0.39, 0.29) is 22.8 Å². The smallest absolute Gasteiger partial charge is 0.173 e. The molecule has 31 heavy (non-hydrogen) atoms. The number of Topliss-reactive ketones (excluding diaryl/α,β-unsaturated/α-hetero) is 2. The zero-order valence-electron chi connectivity index (χ0n) is 20.0. The third kappa shape index (κ3) is 7.86. The topological polar surface area (TPSA) is 52.6 Å². The Morgan fingerprint density at radius 3 is 1.35 bits per heavy atom. The van der Waals surface area contributed by atoms with E-state index >= 15 is 0 Å². The van der Waals surface area contributed by atoms with Gasteiger partial charge in [0.25, 0.3) is 0 Å². The van der Waals surface area contributed by atoms with Crippen molar-refractivity contribution in [2.75, 3.05) is 0 Å². The first kappa shape index (κ1) is 24.6. The second-order valence-electron chi connectivity index (χ2n) is 9.90. The Bertz CT molecular complexity index is 794. The first-order valence-corrected chi connectivity index (χ1v) is 11.1. The monoisotopic (exact) mass is 424 g/mol. The van der Waals surface area contributed by atoms with E-state index in [1.165, 1.54) is 0 Å². The van der Waals surface area contributed by atoms with Gasteiger partial charge in [0.2, 0.25) is 0 Å². The number of carbonyl (C=O) groups is 2. The number of benzene rings is 2. The minimum atomic E-state index is -0.691. The highest BCUT2D eigenvalue weighted by Gasteiger charge is 2.28. The van der Waals surface area contributed by atoms with Gasteiger partial charge < -0.3 is 9.47 Å². The van der Waals surface area contributed by atoms with Crippen LogP contribution in [-0.2, 0) is 0 Å². The maximum atomic E-state index is 13.2. The molecular weight excluding hydrogens is 388 g/mol. The Morgan fingerprint density at radius 1 is 0.710 bits per heavy atom. The van der Waals surface area contributed by atoms with Crippen LogP contribution in [0.2, 0.25) is 0 Å². The molecule has 168 valence electrons. The summed E-state index contributed by atoms with van der Waals surface area (Å²) in [6, 6.07) is 14.1. The van der Waals surface area contributed by atoms with Gasteiger partial charge in [-0.2, -0.15) is 0 Å². The highest BCUT2D eigenvalue weighted by molar-refractivity contribution is 6.16. The van der Waals surface area contributed by atoms with Crippen LogP contribution in [0, 0.1) is 5.92 Å². The van der Waals surface area contributed by atoms with E-state index in [9.17, 15) is 9.59 Å². The fourth-order valence-corrected chi connectivity index (χ4v) is 3.27. The second-order valence-corrected chi connectivity index (χ2v) is 9.90. The molecule has 0 heterocycles. The number of ketones is 2. The van der Waals surface area contributed by atoms with Crippen LogP contribution >= 0.6 is 0 Å². The molecule has 4 heteroatoms. The van der Waals surface area contributed by atoms with Crippen LogP contribution in [0.5, 0.6) is 11.5 Å². The van der Waals surface area contributed by atoms with Crippen molar-refractivity contribution < 1.29 is 19.1 Å². The molecule has 0 saturated carbocycles. The molecule has 4 nitrogen and oxygen atoms in total. The number of rotatable bonds is 9. The van der Waals surface area contributed by atoms with Crippen LogP contribution in [0.3, 0.4) is 0 Å². The maximum absolute atomic E-state index is 13.2. The molecular formula is C27H36O4. The fourth-order valence-electron chi connectivity index (χ4n) is 3.27. The fraction of sp³-hybridized carbons (Fsp3) is 0.481. The molecule has 0 aliphatic heterocycles. The zero-order valence-corrected chi connectivity index (χ0v) is 20.0. The van der Waals surface area contributed by atoms with Crippen molar-refractivity contribution in [1.82, 2.24) is 0 Å². The van der Waals surface area contributed by atoms with Gasteiger partial charge in [-0.15, -0.1) is 0 Å². The van der Waals surface area contributed by atoms with Gasteiger partial charge in [0, 0.05) is 11.1 Å². The van der Waals surface area contributed by atoms with Gasteiger partial charge in [-0.3, -0.25) is 9.59 Å². The lowest BCUT2D eigenvalue weighted by Gasteiger charge is -2.22. The molecule has 0 spiro atoms. The lowest BCUT2D eigenvalue weighted by atomic mass is 9.86. The van der Waals surface area contributed by atoms with E-state index in [1.807, 2.05) is 41.5 Å². The van der Waals surface area contributed by atoms with E-state index in [4.69, 9.17) is 9.47 Å². The highest BCUT2D eigenvalue weighted by atomic mass is 16.5. The summed E-state index contributed by atoms with van der Waals surface area (Å²) in [4.78, 5) is 26.5. The summed E-state index contributed by atoms with van der Waals surface area (Å²) >= 11 is 0. The quantitative estimate of drug-likeness (QED) is 0.324. The minimum absolute atomic E-state index is 0.143. The number of hydrogen-bond acceptors (Lipinski definition) is 4. The van der Waals surface area contributed by atoms with Crippen molar-refractivity contribution in [3.05, 3.63) is 59.7 Å². The Hall–Kier alpha value is -2.62. The summed E-state index contributed by atoms with van der Waals surface area (Å²) in [5.41, 5.74) is 0.439. The standard InChI is InChI=1S/C27H36O4/c1-8-9-10-23(24(28)19-11-15-21(16-12-19)30-26(2,3)4)25(29)20-13-17-22(18-14-20)31-27(5,6)7/h11-18,23H,8-10H2,1-7H3. The summed E-state index contributed by atoms with van der Waals surface area (Å²) < 4.78 is 11.7. The molecule has 0 amide bonds. The second kappa shape index (κ2) is 10.1. The van der Waals surface area contributed by atoms with Crippen LogP contribution in [0.15, 0.2) is 48.5 Å². The van der Waals surface area contributed by atoms with E-state index in [0.717, 1.165) is 12.8 Å². The molecule has 0 aliphatic carbocycles. The third-order valence-electron chi connectivity index (χ3n) is 4.61. The zero-order chi connectivity index (χ0) is 23.2. The normalized spacial score (nSPS) is 12.0. The van der Waals surface area contributed by atoms with Crippen molar-refractivity contribution in [3.63, 3.8) is 0 Å². The SMILES string of the molecule is CCCCC(C(=O)c1ccc(OC(C)(C)C)cc1)C(=O)c1ccc(OC(C)(C)C)cc1. The Kier molecular flexibility index (Phi) is 8.05. The molecule has 0 fully saturated rings. The van der Waals surface area contributed by atoms with Crippen LogP contribution < -0.4 is 9.47 Å². The molecule has 0 saturated heterocycles. The average Bonchev–Trinajstić information content (AvgIpc) is 2.66. The van der Waals surface area contributed by atoms with Gasteiger partial charge in [-0.1, -0.05) is 19.8 Å². The molecule has 2 aromatic carbocycles. The molecule has 0 unspecified atom stereocenters. The lowest BCUT2D eigenvalue weighted by molar-refractivity contribution is 0.0797. The summed E-state index contributed by atoms with van der Waals surface area (Å²) in [5.74, 6) is 0.431. The minimum Gasteiger partial charge on any atom is -0.488 e. The first-order valence-electron chi connectivity index (χ1n) is 11.1. The molecule has 0 aromatic heterocycles. The molecule has 2 rings (SSSR count). The van der Waals surface area contributed by atoms with E-state index < -0.39 is 5.92 Å². The van der Waals surface area contributed by atoms with Crippen molar-refractivity contribution in [1.29, 1.82) is 0 Å². The van der Waals surface area contributed by atoms with E-state index in [2.05, 4.69) is 6.92 Å². The largest absolute Gasteiger partial charge is 0.488 e. The summed E-state index contributed by atoms with van der Waals surface area (Å²) in [6.45, 7) is 13.9. The van der Waals surface area contributed by atoms with E-state index in [1.54, 1.807) is 48.5 Å². The number of hydrogen-bond donors (Lipinski definition) is 0. The Labute approximate surface area is 187 Å². The van der Waals surface area contributed by atoms with Gasteiger partial charge in [-0.05, 0) is 96.5 Å². The average molecular weight is 425 g/mol. The summed E-state index contributed by atoms with van der Waals surface area (Å²) in [7, 11) is 0. The van der Waals surface area contributed by atoms with Crippen LogP contribution in [0.25, 0.3) is 0 Å². The first-order chi connectivity index (χ1) is 14.4. The van der Waals surface area contributed by atoms with Gasteiger partial charge in [0.05, 0.1) is 5.92 Å². The molecule has 0 radical (unpaired) electrons. The summed E-state index contributed by atoms with van der Waals surface area (Å²) in [6.07, 6.45) is 2.28. The van der Waals surface area contributed by atoms with Crippen LogP contribution in [0.1, 0.15) is 88.4 Å². The van der Waals surface area contributed by atoms with Gasteiger partial charge in [-0.25, -0.2) is 0 Å². The van der Waals surface area contributed by atoms with Crippen molar-refractivity contribution >= 4 is 11.6 Å². The molecule has 2 aromatic rings. The van der Waals surface area contributed by atoms with Gasteiger partial charge in [0.1, 0.15) is 22.7 Å². The molecule has 0 aliphatic rings. The maximum Gasteiger partial charge on any atom is 0.173 e. The lowest BCUT2D eigenvalue weighted by Crippen LogP contribution is -2.25. The van der Waals surface area contributed by atoms with Crippen LogP contribution in [-0.4, -0.2) is 22.8 Å². The highest BCUT2D eigenvalue weighted by Crippen LogP contribution is 2.25. The van der Waals surface area contributed by atoms with Gasteiger partial charge in [0.15, 0.2) is 11.6 Å². The van der Waals surface area contributed by atoms with E-state index in [0.29, 0.717) is 29.0 Å². The third-order valence-corrected chi connectivity index (χ3v) is 4.61. The number of ether oxygens (including phenoxy) is 2. The van der Waals surface area contributed by atoms with Gasteiger partial charge >= 0.3 is 0 Å². The predicted octanol–water partition coefficient (Wildman–Crippen LogP) is 6.91. The van der Waals surface area contributed by atoms with Crippen molar-refractivity contribution in [2.45, 2.75) is 78.9 Å². The van der Waals surface area contributed by atoms with Crippen molar-refractivity contribution in [3.8, 4) is 11.5 Å². The molecule has 0 N–H and O–H groups in total. The van der Waals surface area contributed by atoms with Crippen molar-refractivity contribution in [2.24, 2.45) is 5.92 Å². The number of unbranched alkanes of at least 4 members (excludes halogenated alkanes) is 1. The van der Waals surface area contributed by atoms with Crippen LogP contribution in [0.4, 0.5) is 0 Å². The Balaban J connectivity index is 2.21. The number of carbonyl (C=O) groups excluding carboxylic acids is 2. The Morgan fingerprint density at radius 2 is 1.06 bits per heavy atom. The summed E-state index contributed by atoms with van der Waals surface area (Å²) in [5, 5.41) is 0. The molecule has 0 bridgehead atoms. The predicted molar refractivity (Wildman–Crippen MR) is 125 cm³/mol. The molecule has 0 atom stereocenters.